The third-order valence-electron chi connectivity index (χ3n) is 4.15. The van der Waals surface area contributed by atoms with Crippen LogP contribution in [0.15, 0.2) is 40.3 Å². The van der Waals surface area contributed by atoms with Gasteiger partial charge in [-0.25, -0.2) is 4.79 Å². The molecule has 1 aliphatic rings. The Kier molecular flexibility index (Phi) is 7.22. The Hall–Kier alpha value is -2.59. The van der Waals surface area contributed by atoms with Crippen molar-refractivity contribution in [3.63, 3.8) is 0 Å². The van der Waals surface area contributed by atoms with Gasteiger partial charge in [0.25, 0.3) is 5.91 Å². The molecule has 0 spiro atoms. The van der Waals surface area contributed by atoms with E-state index >= 15 is 0 Å². The number of nitrogens with zero attached hydrogens (tertiary/aromatic N) is 2. The summed E-state index contributed by atoms with van der Waals surface area (Å²) in [4.78, 5) is 24.8. The minimum absolute atomic E-state index is 0.0394. The molecular formula is C20H14Cl2N2O5S2. The molecule has 0 bridgehead atoms. The van der Waals surface area contributed by atoms with Gasteiger partial charge in [0, 0.05) is 21.2 Å². The SMILES string of the molecule is COc1ccc(/C=N/N2C(=O)/C(=C\c3c(Cl)cccc3Cl)SC2=S)c(C(=O)O)c1OC. The standard InChI is InChI=1S/C20H14Cl2N2O5S2/c1-28-14-7-6-10(16(19(26)27)17(14)29-2)9-23-24-18(25)15(31-20(24)30)8-11-12(21)4-3-5-13(11)22/h3-9H,1-2H3,(H,26,27)/b15-8+,23-9+. The van der Waals surface area contributed by atoms with Gasteiger partial charge in [0.15, 0.2) is 15.8 Å². The number of aromatic carboxylic acids is 1. The molecule has 3 rings (SSSR count). The number of amides is 1. The number of thiocarbonyl (C=S) groups is 1. The predicted molar refractivity (Wildman–Crippen MR) is 126 cm³/mol. The van der Waals surface area contributed by atoms with Gasteiger partial charge in [-0.05, 0) is 42.6 Å². The van der Waals surface area contributed by atoms with Crippen LogP contribution in [-0.4, -0.2) is 46.7 Å². The number of carbonyl (C=O) groups excluding carboxylic acids is 1. The highest BCUT2D eigenvalue weighted by atomic mass is 35.5. The van der Waals surface area contributed by atoms with E-state index in [1.54, 1.807) is 24.3 Å². The first kappa shape index (κ1) is 23.1. The average Bonchev–Trinajstić information content (AvgIpc) is 3.00. The van der Waals surface area contributed by atoms with Crippen LogP contribution in [0.1, 0.15) is 21.5 Å². The number of carboxylic acids is 1. The van der Waals surface area contributed by atoms with E-state index < -0.39 is 11.9 Å². The lowest BCUT2D eigenvalue weighted by Gasteiger charge is -2.13. The lowest BCUT2D eigenvalue weighted by molar-refractivity contribution is -0.122. The Morgan fingerprint density at radius 3 is 2.45 bits per heavy atom. The van der Waals surface area contributed by atoms with Gasteiger partial charge in [0.2, 0.25) is 0 Å². The number of hydrogen-bond acceptors (Lipinski definition) is 7. The summed E-state index contributed by atoms with van der Waals surface area (Å²) in [5.74, 6) is -1.43. The Morgan fingerprint density at radius 1 is 1.19 bits per heavy atom. The van der Waals surface area contributed by atoms with Gasteiger partial charge in [-0.3, -0.25) is 4.79 Å². The molecule has 0 radical (unpaired) electrons. The molecule has 0 atom stereocenters. The maximum atomic E-state index is 12.8. The molecular weight excluding hydrogens is 483 g/mol. The van der Waals surface area contributed by atoms with Crippen LogP contribution in [0.4, 0.5) is 0 Å². The predicted octanol–water partition coefficient (Wildman–Crippen LogP) is 4.94. The zero-order valence-corrected chi connectivity index (χ0v) is 19.2. The number of methoxy groups -OCH3 is 2. The van der Waals surface area contributed by atoms with Crippen molar-refractivity contribution in [2.45, 2.75) is 0 Å². The van der Waals surface area contributed by atoms with Crippen LogP contribution in [0.3, 0.4) is 0 Å². The molecule has 1 fully saturated rings. The number of carbonyl (C=O) groups is 2. The molecule has 0 unspecified atom stereocenters. The molecule has 160 valence electrons. The third kappa shape index (κ3) is 4.69. The molecule has 31 heavy (non-hydrogen) atoms. The lowest BCUT2D eigenvalue weighted by Crippen LogP contribution is -2.22. The van der Waals surface area contributed by atoms with E-state index in [9.17, 15) is 14.7 Å². The van der Waals surface area contributed by atoms with Crippen LogP contribution < -0.4 is 9.47 Å². The van der Waals surface area contributed by atoms with Gasteiger partial charge in [0.1, 0.15) is 5.56 Å². The minimum atomic E-state index is -1.24. The number of carboxylic acid groups (broad SMARTS) is 1. The molecule has 0 aromatic heterocycles. The first-order valence-corrected chi connectivity index (χ1v) is 10.5. The second kappa shape index (κ2) is 9.69. The monoisotopic (exact) mass is 496 g/mol. The van der Waals surface area contributed by atoms with Gasteiger partial charge in [-0.2, -0.15) is 10.1 Å². The van der Waals surface area contributed by atoms with Crippen LogP contribution in [0, 0.1) is 0 Å². The molecule has 0 saturated carbocycles. The molecule has 1 aliphatic heterocycles. The van der Waals surface area contributed by atoms with E-state index in [-0.39, 0.29) is 31.9 Å². The summed E-state index contributed by atoms with van der Waals surface area (Å²) in [6.45, 7) is 0. The highest BCUT2D eigenvalue weighted by Gasteiger charge is 2.32. The second-order valence-corrected chi connectivity index (χ2v) is 8.43. The zero-order valence-electron chi connectivity index (χ0n) is 16.1. The van der Waals surface area contributed by atoms with E-state index in [0.29, 0.717) is 15.6 Å². The second-order valence-electron chi connectivity index (χ2n) is 5.94. The van der Waals surface area contributed by atoms with E-state index in [1.807, 2.05) is 0 Å². The Morgan fingerprint density at radius 2 is 1.87 bits per heavy atom. The quantitative estimate of drug-likeness (QED) is 0.344. The normalized spacial score (nSPS) is 15.2. The molecule has 1 saturated heterocycles. The third-order valence-corrected chi connectivity index (χ3v) is 6.09. The minimum Gasteiger partial charge on any atom is -0.493 e. The maximum absolute atomic E-state index is 12.8. The van der Waals surface area contributed by atoms with Crippen LogP contribution in [-0.2, 0) is 4.79 Å². The summed E-state index contributed by atoms with van der Waals surface area (Å²) < 4.78 is 10.5. The van der Waals surface area contributed by atoms with Crippen molar-refractivity contribution >= 4 is 75.7 Å². The average molecular weight is 497 g/mol. The topological polar surface area (TPSA) is 88.4 Å². The van der Waals surface area contributed by atoms with Crippen LogP contribution in [0.25, 0.3) is 6.08 Å². The summed E-state index contributed by atoms with van der Waals surface area (Å²) in [6.07, 6.45) is 2.76. The van der Waals surface area contributed by atoms with E-state index in [4.69, 9.17) is 44.9 Å². The van der Waals surface area contributed by atoms with Crippen molar-refractivity contribution in [3.8, 4) is 11.5 Å². The molecule has 2 aromatic carbocycles. The fourth-order valence-corrected chi connectivity index (χ4v) is 4.39. The molecule has 1 heterocycles. The van der Waals surface area contributed by atoms with Gasteiger partial charge in [0.05, 0.1) is 25.3 Å². The molecule has 1 amide bonds. The van der Waals surface area contributed by atoms with Gasteiger partial charge >= 0.3 is 5.97 Å². The summed E-state index contributed by atoms with van der Waals surface area (Å²) in [5, 5.41) is 15.5. The Bertz CT molecular complexity index is 1130. The Balaban J connectivity index is 1.95. The number of rotatable bonds is 6. The van der Waals surface area contributed by atoms with Crippen molar-refractivity contribution in [2.24, 2.45) is 5.10 Å². The molecule has 7 nitrogen and oxygen atoms in total. The first-order chi connectivity index (χ1) is 14.8. The smallest absolute Gasteiger partial charge is 0.340 e. The summed E-state index contributed by atoms with van der Waals surface area (Å²) in [5.41, 5.74) is 0.537. The summed E-state index contributed by atoms with van der Waals surface area (Å²) in [6, 6.07) is 8.04. The summed E-state index contributed by atoms with van der Waals surface area (Å²) in [7, 11) is 2.73. The first-order valence-electron chi connectivity index (χ1n) is 8.52. The number of hydrogen-bond donors (Lipinski definition) is 1. The number of hydrazone groups is 1. The van der Waals surface area contributed by atoms with E-state index in [2.05, 4.69) is 5.10 Å². The van der Waals surface area contributed by atoms with Gasteiger partial charge in [-0.15, -0.1) is 0 Å². The number of benzene rings is 2. The van der Waals surface area contributed by atoms with Gasteiger partial charge < -0.3 is 14.6 Å². The molecule has 1 N–H and O–H groups in total. The highest BCUT2D eigenvalue weighted by Crippen LogP contribution is 2.36. The van der Waals surface area contributed by atoms with Gasteiger partial charge in [-0.1, -0.05) is 41.0 Å². The number of thioether (sulfide) groups is 1. The van der Waals surface area contributed by atoms with Crippen LogP contribution >= 0.6 is 47.2 Å². The van der Waals surface area contributed by atoms with Crippen molar-refractivity contribution in [3.05, 3.63) is 62.0 Å². The molecule has 0 aliphatic carbocycles. The Labute approximate surface area is 197 Å². The molecule has 11 heteroatoms. The van der Waals surface area contributed by atoms with Crippen molar-refractivity contribution in [1.82, 2.24) is 5.01 Å². The molecule has 2 aromatic rings. The summed E-state index contributed by atoms with van der Waals surface area (Å²) >= 11 is 18.6. The lowest BCUT2D eigenvalue weighted by atomic mass is 10.1. The highest BCUT2D eigenvalue weighted by molar-refractivity contribution is 8.26. The van der Waals surface area contributed by atoms with Crippen LogP contribution in [0.5, 0.6) is 11.5 Å². The van der Waals surface area contributed by atoms with E-state index in [0.717, 1.165) is 16.8 Å². The zero-order chi connectivity index (χ0) is 22.7. The fraction of sp³-hybridized carbons (Fsp3) is 0.100. The van der Waals surface area contributed by atoms with Crippen molar-refractivity contribution in [1.29, 1.82) is 0 Å². The van der Waals surface area contributed by atoms with Crippen LogP contribution in [0.2, 0.25) is 10.0 Å². The number of halogens is 2. The largest absolute Gasteiger partial charge is 0.493 e. The maximum Gasteiger partial charge on any atom is 0.340 e. The van der Waals surface area contributed by atoms with E-state index in [1.165, 1.54) is 32.6 Å². The van der Waals surface area contributed by atoms with Crippen molar-refractivity contribution < 1.29 is 24.2 Å². The van der Waals surface area contributed by atoms with Crippen molar-refractivity contribution in [2.75, 3.05) is 14.2 Å². The fourth-order valence-electron chi connectivity index (χ4n) is 2.73. The number of ether oxygens (including phenoxy) is 2.